The minimum Gasteiger partial charge on any atom is -0.459 e. The fourth-order valence-corrected chi connectivity index (χ4v) is 2.18. The van der Waals surface area contributed by atoms with Gasteiger partial charge >= 0.3 is 0 Å². The van der Waals surface area contributed by atoms with Crippen molar-refractivity contribution < 1.29 is 4.42 Å². The van der Waals surface area contributed by atoms with E-state index >= 15 is 0 Å². The lowest BCUT2D eigenvalue weighted by atomic mass is 10.1. The summed E-state index contributed by atoms with van der Waals surface area (Å²) in [6.45, 7) is 2.03. The number of nitrogens with zero attached hydrogens (tertiary/aromatic N) is 1. The van der Waals surface area contributed by atoms with E-state index in [9.17, 15) is 0 Å². The molecular formula is C15H14N2O. The van der Waals surface area contributed by atoms with Crippen LogP contribution in [0, 0.1) is 6.92 Å². The molecule has 3 heteroatoms. The number of pyridine rings is 1. The van der Waals surface area contributed by atoms with Gasteiger partial charge in [0.2, 0.25) is 0 Å². The second-order valence-electron chi connectivity index (χ2n) is 4.32. The number of hydrogen-bond donors (Lipinski definition) is 1. The fraction of sp³-hybridized carbons (Fsp3) is 0.133. The van der Waals surface area contributed by atoms with Crippen LogP contribution in [-0.4, -0.2) is 4.98 Å². The molecule has 3 rings (SSSR count). The molecule has 1 aromatic carbocycles. The highest BCUT2D eigenvalue weighted by Crippen LogP contribution is 2.30. The second kappa shape index (κ2) is 4.27. The van der Waals surface area contributed by atoms with Gasteiger partial charge in [0.25, 0.3) is 0 Å². The average molecular weight is 238 g/mol. The van der Waals surface area contributed by atoms with Crippen LogP contribution in [0.1, 0.15) is 23.1 Å². The van der Waals surface area contributed by atoms with Gasteiger partial charge in [0.15, 0.2) is 0 Å². The van der Waals surface area contributed by atoms with Crippen LogP contribution in [0.3, 0.4) is 0 Å². The SMILES string of the molecule is Cc1c(C(N)c2ccccn2)oc2ccccc12. The predicted octanol–water partition coefficient (Wildman–Crippen LogP) is 3.18. The van der Waals surface area contributed by atoms with Crippen LogP contribution < -0.4 is 5.73 Å². The summed E-state index contributed by atoms with van der Waals surface area (Å²) >= 11 is 0. The van der Waals surface area contributed by atoms with Crippen LogP contribution in [-0.2, 0) is 0 Å². The van der Waals surface area contributed by atoms with Crippen molar-refractivity contribution >= 4 is 11.0 Å². The molecule has 0 aliphatic rings. The number of aromatic nitrogens is 1. The topological polar surface area (TPSA) is 52.0 Å². The number of rotatable bonds is 2. The highest BCUT2D eigenvalue weighted by molar-refractivity contribution is 5.82. The second-order valence-corrected chi connectivity index (χ2v) is 4.32. The van der Waals surface area contributed by atoms with Gasteiger partial charge in [-0.15, -0.1) is 0 Å². The predicted molar refractivity (Wildman–Crippen MR) is 71.2 cm³/mol. The summed E-state index contributed by atoms with van der Waals surface area (Å²) < 4.78 is 5.85. The van der Waals surface area contributed by atoms with E-state index in [1.54, 1.807) is 6.20 Å². The zero-order valence-electron chi connectivity index (χ0n) is 10.1. The van der Waals surface area contributed by atoms with Crippen molar-refractivity contribution in [2.45, 2.75) is 13.0 Å². The molecule has 0 bridgehead atoms. The standard InChI is InChI=1S/C15H14N2O/c1-10-11-6-2-3-8-13(11)18-15(10)14(16)12-7-4-5-9-17-12/h2-9,14H,16H2,1H3. The van der Waals surface area contributed by atoms with E-state index < -0.39 is 0 Å². The largest absolute Gasteiger partial charge is 0.459 e. The molecule has 2 N–H and O–H groups in total. The Morgan fingerprint density at radius 3 is 2.61 bits per heavy atom. The molecule has 1 unspecified atom stereocenters. The number of fused-ring (bicyclic) bond motifs is 1. The monoisotopic (exact) mass is 238 g/mol. The van der Waals surface area contributed by atoms with E-state index in [4.69, 9.17) is 10.2 Å². The van der Waals surface area contributed by atoms with E-state index in [0.29, 0.717) is 0 Å². The van der Waals surface area contributed by atoms with Crippen molar-refractivity contribution in [2.75, 3.05) is 0 Å². The number of aryl methyl sites for hydroxylation is 1. The van der Waals surface area contributed by atoms with Gasteiger partial charge in [0.05, 0.1) is 5.69 Å². The summed E-state index contributed by atoms with van der Waals surface area (Å²) in [6.07, 6.45) is 1.74. The van der Waals surface area contributed by atoms with Gasteiger partial charge in [-0.3, -0.25) is 4.98 Å². The Bertz CT molecular complexity index is 673. The molecule has 2 heterocycles. The smallest absolute Gasteiger partial charge is 0.134 e. The lowest BCUT2D eigenvalue weighted by Gasteiger charge is -2.08. The van der Waals surface area contributed by atoms with Gasteiger partial charge in [0, 0.05) is 17.1 Å². The first kappa shape index (κ1) is 11.0. The van der Waals surface area contributed by atoms with E-state index in [1.165, 1.54) is 0 Å². The van der Waals surface area contributed by atoms with Gasteiger partial charge in [-0.2, -0.15) is 0 Å². The van der Waals surface area contributed by atoms with E-state index in [-0.39, 0.29) is 6.04 Å². The van der Waals surface area contributed by atoms with Gasteiger partial charge < -0.3 is 10.2 Å². The average Bonchev–Trinajstić information content (AvgIpc) is 2.77. The molecule has 90 valence electrons. The van der Waals surface area contributed by atoms with Crippen molar-refractivity contribution in [3.8, 4) is 0 Å². The van der Waals surface area contributed by atoms with Gasteiger partial charge in [0.1, 0.15) is 17.4 Å². The Morgan fingerprint density at radius 2 is 1.89 bits per heavy atom. The molecule has 0 aliphatic carbocycles. The maximum absolute atomic E-state index is 6.22. The summed E-state index contributed by atoms with van der Waals surface area (Å²) in [5, 5.41) is 1.11. The Labute approximate surface area is 105 Å². The molecule has 2 aromatic heterocycles. The molecule has 0 radical (unpaired) electrons. The van der Waals surface area contributed by atoms with Crippen LogP contribution in [0.4, 0.5) is 0 Å². The van der Waals surface area contributed by atoms with Crippen LogP contribution in [0.2, 0.25) is 0 Å². The van der Waals surface area contributed by atoms with Crippen LogP contribution in [0.15, 0.2) is 53.1 Å². The zero-order chi connectivity index (χ0) is 12.5. The summed E-state index contributed by atoms with van der Waals surface area (Å²) in [4.78, 5) is 4.28. The highest BCUT2D eigenvalue weighted by atomic mass is 16.3. The van der Waals surface area contributed by atoms with Crippen molar-refractivity contribution in [3.05, 3.63) is 65.7 Å². The molecule has 0 fully saturated rings. The lowest BCUT2D eigenvalue weighted by Crippen LogP contribution is -2.13. The first-order chi connectivity index (χ1) is 8.77. The van der Waals surface area contributed by atoms with E-state index in [0.717, 1.165) is 28.0 Å². The third-order valence-electron chi connectivity index (χ3n) is 3.17. The van der Waals surface area contributed by atoms with E-state index in [2.05, 4.69) is 4.98 Å². The van der Waals surface area contributed by atoms with Crippen molar-refractivity contribution in [3.63, 3.8) is 0 Å². The van der Waals surface area contributed by atoms with Gasteiger partial charge in [-0.25, -0.2) is 0 Å². The first-order valence-corrected chi connectivity index (χ1v) is 5.92. The zero-order valence-corrected chi connectivity index (χ0v) is 10.1. The summed E-state index contributed by atoms with van der Waals surface area (Å²) in [5.41, 5.74) is 9.00. The van der Waals surface area contributed by atoms with Crippen LogP contribution in [0.5, 0.6) is 0 Å². The maximum atomic E-state index is 6.22. The molecule has 0 saturated carbocycles. The molecule has 3 aromatic rings. The summed E-state index contributed by atoms with van der Waals surface area (Å²) in [6, 6.07) is 13.4. The van der Waals surface area contributed by atoms with Crippen molar-refractivity contribution in [2.24, 2.45) is 5.73 Å². The molecular weight excluding hydrogens is 224 g/mol. The molecule has 0 amide bonds. The summed E-state index contributed by atoms with van der Waals surface area (Å²) in [7, 11) is 0. The van der Waals surface area contributed by atoms with Crippen LogP contribution in [0.25, 0.3) is 11.0 Å². The Morgan fingerprint density at radius 1 is 1.11 bits per heavy atom. The number of nitrogens with two attached hydrogens (primary N) is 1. The lowest BCUT2D eigenvalue weighted by molar-refractivity contribution is 0.517. The van der Waals surface area contributed by atoms with Crippen LogP contribution >= 0.6 is 0 Å². The van der Waals surface area contributed by atoms with Crippen molar-refractivity contribution in [1.82, 2.24) is 4.98 Å². The third kappa shape index (κ3) is 1.69. The third-order valence-corrected chi connectivity index (χ3v) is 3.17. The minimum absolute atomic E-state index is 0.321. The summed E-state index contributed by atoms with van der Waals surface area (Å²) in [5.74, 6) is 0.787. The number of hydrogen-bond acceptors (Lipinski definition) is 3. The normalized spacial score (nSPS) is 12.8. The quantitative estimate of drug-likeness (QED) is 0.746. The number of benzene rings is 1. The van der Waals surface area contributed by atoms with Crippen molar-refractivity contribution in [1.29, 1.82) is 0 Å². The Balaban J connectivity index is 2.12. The Hall–Kier alpha value is -2.13. The molecule has 18 heavy (non-hydrogen) atoms. The molecule has 1 atom stereocenters. The first-order valence-electron chi connectivity index (χ1n) is 5.92. The van der Waals surface area contributed by atoms with Gasteiger partial charge in [-0.1, -0.05) is 24.3 Å². The number of para-hydroxylation sites is 1. The van der Waals surface area contributed by atoms with E-state index in [1.807, 2.05) is 49.4 Å². The molecule has 3 nitrogen and oxygen atoms in total. The molecule has 0 saturated heterocycles. The Kier molecular flexibility index (Phi) is 2.61. The maximum Gasteiger partial charge on any atom is 0.134 e. The van der Waals surface area contributed by atoms with Gasteiger partial charge in [-0.05, 0) is 25.1 Å². The molecule has 0 spiro atoms. The molecule has 0 aliphatic heterocycles. The number of furan rings is 1. The highest BCUT2D eigenvalue weighted by Gasteiger charge is 2.18. The minimum atomic E-state index is -0.321. The fourth-order valence-electron chi connectivity index (χ4n) is 2.18.